The predicted molar refractivity (Wildman–Crippen MR) is 188 cm³/mol. The first-order chi connectivity index (χ1) is 23.3. The van der Waals surface area contributed by atoms with Gasteiger partial charge in [0.25, 0.3) is 0 Å². The van der Waals surface area contributed by atoms with Crippen LogP contribution in [0.25, 0.3) is 11.4 Å². The van der Waals surface area contributed by atoms with E-state index in [1.165, 1.54) is 0 Å². The molecule has 0 bridgehead atoms. The van der Waals surface area contributed by atoms with Crippen LogP contribution in [0.2, 0.25) is 0 Å². The van der Waals surface area contributed by atoms with Crippen LogP contribution in [-0.4, -0.2) is 66.2 Å². The number of nitrogens with zero attached hydrogens (tertiary/aromatic N) is 5. The summed E-state index contributed by atoms with van der Waals surface area (Å²) in [5, 5.41) is 13.9. The minimum Gasteiger partial charge on any atom is -0.497 e. The molecular formula is C36H40BN5O5S. The van der Waals surface area contributed by atoms with Crippen molar-refractivity contribution < 1.29 is 23.5 Å². The van der Waals surface area contributed by atoms with Crippen LogP contribution < -0.4 is 19.7 Å². The average molecular weight is 666 g/mol. The molecule has 1 saturated heterocycles. The van der Waals surface area contributed by atoms with Gasteiger partial charge in [0.2, 0.25) is 5.82 Å². The second-order valence-electron chi connectivity index (χ2n) is 12.4. The Hall–Kier alpha value is -4.36. The van der Waals surface area contributed by atoms with E-state index in [0.29, 0.717) is 38.7 Å². The zero-order valence-corrected chi connectivity index (χ0v) is 28.8. The summed E-state index contributed by atoms with van der Waals surface area (Å²) in [7, 11) is 4.45. The van der Waals surface area contributed by atoms with E-state index in [0.717, 1.165) is 49.9 Å². The van der Waals surface area contributed by atoms with E-state index in [9.17, 15) is 0 Å². The summed E-state index contributed by atoms with van der Waals surface area (Å²) in [5.41, 5.74) is 4.97. The first-order valence-corrected chi connectivity index (χ1v) is 16.6. The monoisotopic (exact) mass is 665 g/mol. The van der Waals surface area contributed by atoms with Gasteiger partial charge in [-0.25, -0.2) is 4.31 Å². The molecule has 4 aromatic carbocycles. The summed E-state index contributed by atoms with van der Waals surface area (Å²) < 4.78 is 31.0. The van der Waals surface area contributed by atoms with Crippen molar-refractivity contribution in [3.63, 3.8) is 0 Å². The third-order valence-corrected chi connectivity index (χ3v) is 9.04. The Labute approximate surface area is 286 Å². The van der Waals surface area contributed by atoms with Crippen molar-refractivity contribution in [1.82, 2.24) is 24.5 Å². The molecule has 0 unspecified atom stereocenters. The van der Waals surface area contributed by atoms with E-state index >= 15 is 0 Å². The molecule has 0 radical (unpaired) electrons. The summed E-state index contributed by atoms with van der Waals surface area (Å²) in [6, 6.07) is 30.3. The van der Waals surface area contributed by atoms with E-state index in [-0.39, 0.29) is 5.41 Å². The quantitative estimate of drug-likeness (QED) is 0.112. The van der Waals surface area contributed by atoms with Crippen LogP contribution in [0.4, 0.5) is 0 Å². The summed E-state index contributed by atoms with van der Waals surface area (Å²) in [5.74, 6) is 2.95. The second kappa shape index (κ2) is 15.2. The van der Waals surface area contributed by atoms with Gasteiger partial charge >= 0.3 is 7.12 Å². The zero-order valence-electron chi connectivity index (χ0n) is 28.0. The van der Waals surface area contributed by atoms with E-state index in [1.807, 2.05) is 60.7 Å². The Morgan fingerprint density at radius 3 is 1.79 bits per heavy atom. The van der Waals surface area contributed by atoms with Gasteiger partial charge in [0.1, 0.15) is 17.2 Å². The van der Waals surface area contributed by atoms with Gasteiger partial charge in [0.05, 0.1) is 27.9 Å². The Morgan fingerprint density at radius 2 is 1.27 bits per heavy atom. The topological polar surface area (TPSA) is 93.0 Å². The van der Waals surface area contributed by atoms with Crippen LogP contribution in [0.15, 0.2) is 95.9 Å². The lowest BCUT2D eigenvalue weighted by Gasteiger charge is -2.33. The number of hydrogen-bond acceptors (Lipinski definition) is 10. The maximum Gasteiger partial charge on any atom is 0.494 e. The summed E-state index contributed by atoms with van der Waals surface area (Å²) in [6.07, 6.45) is 0. The molecule has 0 N–H and O–H groups in total. The minimum absolute atomic E-state index is 0.0731. The largest absolute Gasteiger partial charge is 0.497 e. The van der Waals surface area contributed by atoms with Crippen LogP contribution in [0.3, 0.4) is 0 Å². The van der Waals surface area contributed by atoms with E-state index < -0.39 is 7.12 Å². The molecule has 0 saturated carbocycles. The Morgan fingerprint density at radius 1 is 0.750 bits per heavy atom. The van der Waals surface area contributed by atoms with Crippen molar-refractivity contribution in [3.8, 4) is 28.6 Å². The Bertz CT molecular complexity index is 1730. The molecule has 0 spiro atoms. The maximum atomic E-state index is 6.30. The molecule has 0 amide bonds. The standard InChI is InChI=1S/C36H40BN5O5S/c1-36(2)24-46-37(47-25-36)32-7-6-8-33(34(32)35-38-40-42(39-35)23-28-13-19-31(45-5)20-14-28)48-41(21-26-9-15-29(43-3)16-10-26)22-27-11-17-30(44-4)18-12-27/h6-20H,21-25H2,1-5H3. The number of rotatable bonds is 13. The number of methoxy groups -OCH3 is 3. The molecule has 1 aliphatic rings. The van der Waals surface area contributed by atoms with Gasteiger partial charge in [0, 0.05) is 42.2 Å². The fourth-order valence-corrected chi connectivity index (χ4v) is 6.51. The molecule has 12 heteroatoms. The molecule has 1 fully saturated rings. The van der Waals surface area contributed by atoms with E-state index in [1.54, 1.807) is 38.1 Å². The first kappa shape index (κ1) is 33.5. The maximum absolute atomic E-state index is 6.30. The minimum atomic E-state index is -0.557. The fraction of sp³-hybridized carbons (Fsp3) is 0.306. The highest BCUT2D eigenvalue weighted by Crippen LogP contribution is 2.34. The molecule has 1 aliphatic heterocycles. The van der Waals surface area contributed by atoms with Gasteiger partial charge in [-0.15, -0.1) is 10.2 Å². The molecular weight excluding hydrogens is 625 g/mol. The molecule has 10 nitrogen and oxygen atoms in total. The van der Waals surface area contributed by atoms with Gasteiger partial charge in [-0.3, -0.25) is 0 Å². The SMILES string of the molecule is COc1ccc(CN(Cc2ccc(OC)cc2)Sc2cccc(B3OCC(C)(C)CO3)c2-c2nnn(Cc3ccc(OC)cc3)n2)cc1. The first-order valence-electron chi connectivity index (χ1n) is 15.8. The molecule has 6 rings (SSSR count). The van der Waals surface area contributed by atoms with Crippen molar-refractivity contribution in [2.24, 2.45) is 5.41 Å². The van der Waals surface area contributed by atoms with Crippen LogP contribution in [0.5, 0.6) is 17.2 Å². The number of benzene rings is 4. The number of ether oxygens (including phenoxy) is 3. The molecule has 48 heavy (non-hydrogen) atoms. The van der Waals surface area contributed by atoms with Gasteiger partial charge in [-0.05, 0) is 81.8 Å². The van der Waals surface area contributed by atoms with Gasteiger partial charge in [-0.1, -0.05) is 62.4 Å². The average Bonchev–Trinajstić information content (AvgIpc) is 3.57. The number of tetrazole rings is 1. The molecule has 2 heterocycles. The summed E-state index contributed by atoms with van der Waals surface area (Å²) >= 11 is 1.64. The number of hydrogen-bond donors (Lipinski definition) is 0. The second-order valence-corrected chi connectivity index (χ2v) is 13.6. The molecule has 0 atom stereocenters. The molecule has 5 aromatic rings. The zero-order chi connectivity index (χ0) is 33.5. The summed E-state index contributed by atoms with van der Waals surface area (Å²) in [6.45, 7) is 7.24. The van der Waals surface area contributed by atoms with Crippen molar-refractivity contribution in [3.05, 3.63) is 108 Å². The van der Waals surface area contributed by atoms with E-state index in [4.69, 9.17) is 28.6 Å². The lowest BCUT2D eigenvalue weighted by Crippen LogP contribution is -2.48. The highest BCUT2D eigenvalue weighted by molar-refractivity contribution is 7.97. The Kier molecular flexibility index (Phi) is 10.7. The highest BCUT2D eigenvalue weighted by atomic mass is 32.2. The van der Waals surface area contributed by atoms with Crippen molar-refractivity contribution in [2.45, 2.75) is 38.4 Å². The highest BCUT2D eigenvalue weighted by Gasteiger charge is 2.36. The predicted octanol–water partition coefficient (Wildman–Crippen LogP) is 5.89. The third kappa shape index (κ3) is 8.37. The summed E-state index contributed by atoms with van der Waals surface area (Å²) in [4.78, 5) is 2.58. The number of aromatic nitrogens is 4. The van der Waals surface area contributed by atoms with Crippen molar-refractivity contribution >= 4 is 24.5 Å². The molecule has 248 valence electrons. The van der Waals surface area contributed by atoms with Crippen LogP contribution >= 0.6 is 11.9 Å². The third-order valence-electron chi connectivity index (χ3n) is 7.99. The van der Waals surface area contributed by atoms with Crippen LogP contribution in [0, 0.1) is 5.41 Å². The van der Waals surface area contributed by atoms with Crippen molar-refractivity contribution in [2.75, 3.05) is 34.5 Å². The fourth-order valence-electron chi connectivity index (χ4n) is 5.37. The van der Waals surface area contributed by atoms with Crippen LogP contribution in [-0.2, 0) is 28.9 Å². The smallest absolute Gasteiger partial charge is 0.494 e. The van der Waals surface area contributed by atoms with E-state index in [2.05, 4.69) is 58.8 Å². The Balaban J connectivity index is 1.35. The van der Waals surface area contributed by atoms with Crippen LogP contribution in [0.1, 0.15) is 30.5 Å². The van der Waals surface area contributed by atoms with Gasteiger partial charge in [0.15, 0.2) is 0 Å². The van der Waals surface area contributed by atoms with Gasteiger partial charge in [-0.2, -0.15) is 4.80 Å². The normalized spacial score (nSPS) is 14.2. The lowest BCUT2D eigenvalue weighted by molar-refractivity contribution is 0.0343. The molecule has 1 aromatic heterocycles. The molecule has 0 aliphatic carbocycles. The lowest BCUT2D eigenvalue weighted by atomic mass is 9.73. The van der Waals surface area contributed by atoms with Gasteiger partial charge < -0.3 is 23.5 Å². The van der Waals surface area contributed by atoms with Crippen molar-refractivity contribution in [1.29, 1.82) is 0 Å².